The Morgan fingerprint density at radius 2 is 2.29 bits per heavy atom. The van der Waals surface area contributed by atoms with Crippen molar-refractivity contribution in [3.8, 4) is 0 Å². The van der Waals surface area contributed by atoms with Crippen LogP contribution in [0, 0.1) is 0 Å². The molecule has 0 aromatic rings. The lowest BCUT2D eigenvalue weighted by atomic mass is 10.1. The number of carbonyl (C=O) groups excluding carboxylic acids is 1. The molecule has 0 spiro atoms. The molecule has 4 nitrogen and oxygen atoms in total. The van der Waals surface area contributed by atoms with Gasteiger partial charge in [-0.2, -0.15) is 0 Å². The SMILES string of the molecule is CCCNC1CCCN(CCCC(=O)NC)C1. The molecule has 1 rings (SSSR count). The molecule has 0 bridgehead atoms. The molecule has 0 radical (unpaired) electrons. The Hall–Kier alpha value is -0.610. The summed E-state index contributed by atoms with van der Waals surface area (Å²) in [6.07, 6.45) is 5.40. The summed E-state index contributed by atoms with van der Waals surface area (Å²) >= 11 is 0. The molecular weight excluding hydrogens is 214 g/mol. The molecular formula is C13H27N3O. The summed E-state index contributed by atoms with van der Waals surface area (Å²) in [6.45, 7) is 6.72. The molecule has 2 N–H and O–H groups in total. The average molecular weight is 241 g/mol. The number of carbonyl (C=O) groups is 1. The van der Waals surface area contributed by atoms with E-state index < -0.39 is 0 Å². The number of hydrogen-bond donors (Lipinski definition) is 2. The predicted molar refractivity (Wildman–Crippen MR) is 71.1 cm³/mol. The Kier molecular flexibility index (Phi) is 7.21. The van der Waals surface area contributed by atoms with E-state index >= 15 is 0 Å². The van der Waals surface area contributed by atoms with Gasteiger partial charge in [-0.3, -0.25) is 4.79 Å². The summed E-state index contributed by atoms with van der Waals surface area (Å²) in [7, 11) is 1.70. The van der Waals surface area contributed by atoms with Crippen molar-refractivity contribution in [1.82, 2.24) is 15.5 Å². The first kappa shape index (κ1) is 14.5. The maximum Gasteiger partial charge on any atom is 0.219 e. The summed E-state index contributed by atoms with van der Waals surface area (Å²) in [4.78, 5) is 13.6. The predicted octanol–water partition coefficient (Wildman–Crippen LogP) is 0.977. The molecule has 1 amide bonds. The van der Waals surface area contributed by atoms with E-state index in [1.807, 2.05) is 0 Å². The number of piperidine rings is 1. The molecule has 1 unspecified atom stereocenters. The molecule has 1 atom stereocenters. The zero-order valence-corrected chi connectivity index (χ0v) is 11.3. The Balaban J connectivity index is 2.13. The zero-order chi connectivity index (χ0) is 12.5. The summed E-state index contributed by atoms with van der Waals surface area (Å²) in [5.41, 5.74) is 0. The Bertz CT molecular complexity index is 221. The van der Waals surface area contributed by atoms with Gasteiger partial charge in [-0.1, -0.05) is 6.92 Å². The molecule has 1 saturated heterocycles. The molecule has 0 saturated carbocycles. The molecule has 0 aromatic heterocycles. The first-order valence-electron chi connectivity index (χ1n) is 6.92. The average Bonchev–Trinajstić information content (AvgIpc) is 2.36. The Labute approximate surface area is 105 Å². The van der Waals surface area contributed by atoms with Crippen LogP contribution in [0.4, 0.5) is 0 Å². The van der Waals surface area contributed by atoms with E-state index in [9.17, 15) is 4.79 Å². The monoisotopic (exact) mass is 241 g/mol. The molecule has 1 aliphatic heterocycles. The van der Waals surface area contributed by atoms with Gasteiger partial charge in [-0.25, -0.2) is 0 Å². The van der Waals surface area contributed by atoms with Crippen LogP contribution in [0.1, 0.15) is 39.0 Å². The first-order chi connectivity index (χ1) is 8.26. The summed E-state index contributed by atoms with van der Waals surface area (Å²) < 4.78 is 0. The second kappa shape index (κ2) is 8.48. The van der Waals surface area contributed by atoms with Crippen LogP contribution in [0.5, 0.6) is 0 Å². The fourth-order valence-corrected chi connectivity index (χ4v) is 2.36. The van der Waals surface area contributed by atoms with E-state index in [-0.39, 0.29) is 5.91 Å². The molecule has 4 heteroatoms. The van der Waals surface area contributed by atoms with Gasteiger partial charge in [0.05, 0.1) is 0 Å². The first-order valence-corrected chi connectivity index (χ1v) is 6.92. The third kappa shape index (κ3) is 6.03. The minimum atomic E-state index is 0.155. The highest BCUT2D eigenvalue weighted by molar-refractivity contribution is 5.75. The van der Waals surface area contributed by atoms with Crippen molar-refractivity contribution >= 4 is 5.91 Å². The number of nitrogens with one attached hydrogen (secondary N) is 2. The van der Waals surface area contributed by atoms with Gasteiger partial charge in [0.1, 0.15) is 0 Å². The third-order valence-electron chi connectivity index (χ3n) is 3.35. The summed E-state index contributed by atoms with van der Waals surface area (Å²) in [5, 5.41) is 6.26. The Morgan fingerprint density at radius 3 is 3.00 bits per heavy atom. The van der Waals surface area contributed by atoms with Crippen LogP contribution in [0.15, 0.2) is 0 Å². The van der Waals surface area contributed by atoms with Crippen LogP contribution < -0.4 is 10.6 Å². The topological polar surface area (TPSA) is 44.4 Å². The largest absolute Gasteiger partial charge is 0.359 e. The van der Waals surface area contributed by atoms with E-state index in [1.165, 1.54) is 25.8 Å². The molecule has 1 heterocycles. The van der Waals surface area contributed by atoms with Crippen LogP contribution in [0.25, 0.3) is 0 Å². The van der Waals surface area contributed by atoms with Crippen molar-refractivity contribution < 1.29 is 4.79 Å². The maximum absolute atomic E-state index is 11.1. The van der Waals surface area contributed by atoms with Crippen LogP contribution in [-0.2, 0) is 4.79 Å². The molecule has 0 aliphatic carbocycles. The Morgan fingerprint density at radius 1 is 1.47 bits per heavy atom. The van der Waals surface area contributed by atoms with Gasteiger partial charge in [0, 0.05) is 26.1 Å². The summed E-state index contributed by atoms with van der Waals surface area (Å²) in [5.74, 6) is 0.155. The quantitative estimate of drug-likeness (QED) is 0.698. The smallest absolute Gasteiger partial charge is 0.219 e. The highest BCUT2D eigenvalue weighted by atomic mass is 16.1. The van der Waals surface area contributed by atoms with Crippen molar-refractivity contribution in [1.29, 1.82) is 0 Å². The van der Waals surface area contributed by atoms with Gasteiger partial charge in [0.15, 0.2) is 0 Å². The normalized spacial score (nSPS) is 21.4. The van der Waals surface area contributed by atoms with Crippen molar-refractivity contribution in [2.75, 3.05) is 33.2 Å². The van der Waals surface area contributed by atoms with E-state index in [1.54, 1.807) is 7.05 Å². The van der Waals surface area contributed by atoms with Gasteiger partial charge in [0.25, 0.3) is 0 Å². The van der Waals surface area contributed by atoms with Gasteiger partial charge >= 0.3 is 0 Å². The number of nitrogens with zero attached hydrogens (tertiary/aromatic N) is 1. The van der Waals surface area contributed by atoms with Gasteiger partial charge < -0.3 is 15.5 Å². The van der Waals surface area contributed by atoms with Crippen LogP contribution in [0.2, 0.25) is 0 Å². The van der Waals surface area contributed by atoms with E-state index in [4.69, 9.17) is 0 Å². The fourth-order valence-electron chi connectivity index (χ4n) is 2.36. The minimum Gasteiger partial charge on any atom is -0.359 e. The van der Waals surface area contributed by atoms with Crippen LogP contribution >= 0.6 is 0 Å². The lowest BCUT2D eigenvalue weighted by molar-refractivity contribution is -0.120. The number of likely N-dealkylation sites (tertiary alicyclic amines) is 1. The third-order valence-corrected chi connectivity index (χ3v) is 3.35. The molecule has 100 valence electrons. The zero-order valence-electron chi connectivity index (χ0n) is 11.3. The number of hydrogen-bond acceptors (Lipinski definition) is 3. The van der Waals surface area contributed by atoms with E-state index in [2.05, 4.69) is 22.5 Å². The highest BCUT2D eigenvalue weighted by Crippen LogP contribution is 2.10. The van der Waals surface area contributed by atoms with Crippen LogP contribution in [0.3, 0.4) is 0 Å². The number of rotatable bonds is 7. The van der Waals surface area contributed by atoms with Crippen LogP contribution in [-0.4, -0.2) is 50.1 Å². The van der Waals surface area contributed by atoms with Crippen molar-refractivity contribution in [3.05, 3.63) is 0 Å². The number of amides is 1. The molecule has 1 aliphatic rings. The standard InChI is InChI=1S/C13H27N3O/c1-3-8-15-12-6-4-9-16(11-12)10-5-7-13(17)14-2/h12,15H,3-11H2,1-2H3,(H,14,17). The van der Waals surface area contributed by atoms with Gasteiger partial charge in [-0.05, 0) is 45.3 Å². The maximum atomic E-state index is 11.1. The van der Waals surface area contributed by atoms with E-state index in [0.717, 1.165) is 26.1 Å². The molecule has 1 fully saturated rings. The second-order valence-electron chi connectivity index (χ2n) is 4.87. The second-order valence-corrected chi connectivity index (χ2v) is 4.87. The van der Waals surface area contributed by atoms with Crippen molar-refractivity contribution in [3.63, 3.8) is 0 Å². The highest BCUT2D eigenvalue weighted by Gasteiger charge is 2.18. The minimum absolute atomic E-state index is 0.155. The van der Waals surface area contributed by atoms with Gasteiger partial charge in [0.2, 0.25) is 5.91 Å². The van der Waals surface area contributed by atoms with Gasteiger partial charge in [-0.15, -0.1) is 0 Å². The van der Waals surface area contributed by atoms with E-state index in [0.29, 0.717) is 12.5 Å². The molecule has 17 heavy (non-hydrogen) atoms. The lowest BCUT2D eigenvalue weighted by Gasteiger charge is -2.33. The van der Waals surface area contributed by atoms with Crippen molar-refractivity contribution in [2.45, 2.75) is 45.1 Å². The summed E-state index contributed by atoms with van der Waals surface area (Å²) in [6, 6.07) is 0.656. The van der Waals surface area contributed by atoms with Crippen molar-refractivity contribution in [2.24, 2.45) is 0 Å². The molecule has 0 aromatic carbocycles. The fraction of sp³-hybridized carbons (Fsp3) is 0.923. The lowest BCUT2D eigenvalue weighted by Crippen LogP contribution is -2.46.